The van der Waals surface area contributed by atoms with Gasteiger partial charge in [0, 0.05) is 18.5 Å². The summed E-state index contributed by atoms with van der Waals surface area (Å²) in [5.74, 6) is 0.895. The maximum Gasteiger partial charge on any atom is 0.236 e. The van der Waals surface area contributed by atoms with Gasteiger partial charge >= 0.3 is 0 Å². The molecule has 0 saturated heterocycles. The fourth-order valence-corrected chi connectivity index (χ4v) is 3.78. The van der Waals surface area contributed by atoms with E-state index in [1.165, 1.54) is 4.31 Å². The molecule has 0 atom stereocenters. The Morgan fingerprint density at radius 2 is 2.00 bits per heavy atom. The van der Waals surface area contributed by atoms with Gasteiger partial charge in [0.15, 0.2) is 11.5 Å². The first-order valence-electron chi connectivity index (χ1n) is 6.41. The quantitative estimate of drug-likeness (QED) is 0.742. The third kappa shape index (κ3) is 3.71. The molecule has 1 aromatic rings. The number of nitriles is 1. The lowest BCUT2D eigenvalue weighted by atomic mass is 10.2. The summed E-state index contributed by atoms with van der Waals surface area (Å²) in [4.78, 5) is 0. The molecule has 1 aliphatic rings. The standard InChI is InChI=1S/C13H15ClN2O4S/c14-4-9-21(17,18)16(6-1-5-15)11-2-3-12-13(10-11)20-8-7-19-12/h2-3,10H,1,4,6-9H2. The van der Waals surface area contributed by atoms with Crippen molar-refractivity contribution in [2.75, 3.05) is 35.7 Å². The summed E-state index contributed by atoms with van der Waals surface area (Å²) >= 11 is 5.55. The van der Waals surface area contributed by atoms with E-state index >= 15 is 0 Å². The maximum absolute atomic E-state index is 12.3. The predicted octanol–water partition coefficient (Wildman–Crippen LogP) is 1.75. The molecule has 0 amide bonds. The number of hydrogen-bond donors (Lipinski definition) is 0. The second-order valence-corrected chi connectivity index (χ2v) is 6.70. The van der Waals surface area contributed by atoms with Gasteiger partial charge in [-0.2, -0.15) is 5.26 Å². The fraction of sp³-hybridized carbons (Fsp3) is 0.462. The van der Waals surface area contributed by atoms with Crippen molar-refractivity contribution in [2.24, 2.45) is 0 Å². The Balaban J connectivity index is 2.34. The number of benzene rings is 1. The highest BCUT2D eigenvalue weighted by Crippen LogP contribution is 2.34. The molecule has 0 bridgehead atoms. The van der Waals surface area contributed by atoms with Crippen LogP contribution in [0.15, 0.2) is 18.2 Å². The Morgan fingerprint density at radius 1 is 1.29 bits per heavy atom. The van der Waals surface area contributed by atoms with Gasteiger partial charge in [-0.05, 0) is 12.1 Å². The van der Waals surface area contributed by atoms with Crippen LogP contribution in [0.4, 0.5) is 5.69 Å². The van der Waals surface area contributed by atoms with Crippen molar-refractivity contribution < 1.29 is 17.9 Å². The first-order chi connectivity index (χ1) is 10.1. The summed E-state index contributed by atoms with van der Waals surface area (Å²) in [6.07, 6.45) is 0.0932. The second kappa shape index (κ2) is 6.87. The van der Waals surface area contributed by atoms with E-state index in [9.17, 15) is 8.42 Å². The van der Waals surface area contributed by atoms with Crippen molar-refractivity contribution in [3.8, 4) is 17.6 Å². The lowest BCUT2D eigenvalue weighted by Gasteiger charge is -2.25. The van der Waals surface area contributed by atoms with Crippen molar-refractivity contribution in [1.29, 1.82) is 5.26 Å². The lowest BCUT2D eigenvalue weighted by Crippen LogP contribution is -2.34. The molecule has 0 aliphatic carbocycles. The minimum Gasteiger partial charge on any atom is -0.486 e. The first-order valence-corrected chi connectivity index (χ1v) is 8.56. The normalized spacial score (nSPS) is 13.5. The second-order valence-electron chi connectivity index (χ2n) is 4.31. The predicted molar refractivity (Wildman–Crippen MR) is 79.5 cm³/mol. The van der Waals surface area contributed by atoms with Gasteiger partial charge in [-0.15, -0.1) is 11.6 Å². The number of alkyl halides is 1. The summed E-state index contributed by atoms with van der Waals surface area (Å²) < 4.78 is 36.6. The average molecular weight is 331 g/mol. The highest BCUT2D eigenvalue weighted by molar-refractivity contribution is 7.92. The van der Waals surface area contributed by atoms with Gasteiger partial charge in [0.25, 0.3) is 0 Å². The molecule has 114 valence electrons. The Morgan fingerprint density at radius 3 is 2.67 bits per heavy atom. The topological polar surface area (TPSA) is 79.6 Å². The molecule has 1 heterocycles. The smallest absolute Gasteiger partial charge is 0.236 e. The molecule has 6 nitrogen and oxygen atoms in total. The van der Waals surface area contributed by atoms with Crippen LogP contribution in [0.1, 0.15) is 6.42 Å². The number of rotatable bonds is 6. The van der Waals surface area contributed by atoms with Crippen LogP contribution in [-0.4, -0.2) is 39.8 Å². The molecule has 0 fully saturated rings. The van der Waals surface area contributed by atoms with Crippen molar-refractivity contribution in [1.82, 2.24) is 0 Å². The van der Waals surface area contributed by atoms with E-state index in [4.69, 9.17) is 26.3 Å². The number of sulfonamides is 1. The summed E-state index contributed by atoms with van der Waals surface area (Å²) in [5.41, 5.74) is 0.444. The molecule has 0 spiro atoms. The molecule has 0 saturated carbocycles. The van der Waals surface area contributed by atoms with Crippen molar-refractivity contribution in [3.05, 3.63) is 18.2 Å². The summed E-state index contributed by atoms with van der Waals surface area (Å²) in [7, 11) is -3.57. The van der Waals surface area contributed by atoms with Crippen molar-refractivity contribution in [2.45, 2.75) is 6.42 Å². The number of hydrogen-bond acceptors (Lipinski definition) is 5. The van der Waals surface area contributed by atoms with Crippen LogP contribution in [0.5, 0.6) is 11.5 Å². The van der Waals surface area contributed by atoms with Gasteiger partial charge in [0.2, 0.25) is 10.0 Å². The molecule has 1 aliphatic heterocycles. The third-order valence-electron chi connectivity index (χ3n) is 2.91. The molecule has 2 rings (SSSR count). The van der Waals surface area contributed by atoms with Crippen LogP contribution in [-0.2, 0) is 10.0 Å². The minimum absolute atomic E-state index is 0.00403. The zero-order valence-electron chi connectivity index (χ0n) is 11.3. The van der Waals surface area contributed by atoms with Crippen molar-refractivity contribution in [3.63, 3.8) is 0 Å². The number of ether oxygens (including phenoxy) is 2. The summed E-state index contributed by atoms with van der Waals surface area (Å²) in [6.45, 7) is 0.966. The van der Waals surface area contributed by atoms with Gasteiger partial charge in [0.1, 0.15) is 13.2 Å². The average Bonchev–Trinajstić information content (AvgIpc) is 2.47. The van der Waals surface area contributed by atoms with Crippen LogP contribution in [0.3, 0.4) is 0 Å². The monoisotopic (exact) mass is 330 g/mol. The van der Waals surface area contributed by atoms with Gasteiger partial charge in [0.05, 0.1) is 23.9 Å². The lowest BCUT2D eigenvalue weighted by molar-refractivity contribution is 0.171. The van der Waals surface area contributed by atoms with Gasteiger partial charge < -0.3 is 9.47 Å². The molecule has 0 N–H and O–H groups in total. The first kappa shape index (κ1) is 15.7. The maximum atomic E-state index is 12.3. The number of halogens is 1. The Bertz CT molecular complexity index is 642. The van der Waals surface area contributed by atoms with E-state index in [0.717, 1.165) is 0 Å². The van der Waals surface area contributed by atoms with Crippen LogP contribution < -0.4 is 13.8 Å². The van der Waals surface area contributed by atoms with E-state index in [0.29, 0.717) is 30.4 Å². The molecule has 1 aromatic carbocycles. The van der Waals surface area contributed by atoms with E-state index in [-0.39, 0.29) is 24.6 Å². The van der Waals surface area contributed by atoms with E-state index in [1.807, 2.05) is 6.07 Å². The highest BCUT2D eigenvalue weighted by atomic mass is 35.5. The van der Waals surface area contributed by atoms with Gasteiger partial charge in [-0.1, -0.05) is 0 Å². The minimum atomic E-state index is -3.57. The van der Waals surface area contributed by atoms with Crippen LogP contribution >= 0.6 is 11.6 Å². The fourth-order valence-electron chi connectivity index (χ4n) is 1.98. The van der Waals surface area contributed by atoms with Gasteiger partial charge in [-0.3, -0.25) is 4.31 Å². The molecule has 0 unspecified atom stereocenters. The molecule has 21 heavy (non-hydrogen) atoms. The van der Waals surface area contributed by atoms with Crippen LogP contribution in [0.25, 0.3) is 0 Å². The van der Waals surface area contributed by atoms with E-state index in [1.54, 1.807) is 18.2 Å². The molecule has 8 heteroatoms. The zero-order valence-corrected chi connectivity index (χ0v) is 12.9. The Hall–Kier alpha value is -1.65. The highest BCUT2D eigenvalue weighted by Gasteiger charge is 2.23. The summed E-state index contributed by atoms with van der Waals surface area (Å²) in [6, 6.07) is 6.86. The SMILES string of the molecule is N#CCCN(c1ccc2c(c1)OCCO2)S(=O)(=O)CCCl. The largest absolute Gasteiger partial charge is 0.486 e. The third-order valence-corrected chi connectivity index (χ3v) is 5.11. The Kier molecular flexibility index (Phi) is 5.15. The molecule has 0 aromatic heterocycles. The zero-order chi connectivity index (χ0) is 15.3. The van der Waals surface area contributed by atoms with Gasteiger partial charge in [-0.25, -0.2) is 8.42 Å². The number of nitrogens with zero attached hydrogens (tertiary/aromatic N) is 2. The molecular formula is C13H15ClN2O4S. The number of anilines is 1. The van der Waals surface area contributed by atoms with Crippen LogP contribution in [0.2, 0.25) is 0 Å². The van der Waals surface area contributed by atoms with Crippen molar-refractivity contribution >= 4 is 27.3 Å². The number of fused-ring (bicyclic) bond motifs is 1. The molecule has 0 radical (unpaired) electrons. The molecular weight excluding hydrogens is 316 g/mol. The summed E-state index contributed by atoms with van der Waals surface area (Å²) in [5, 5.41) is 8.71. The Labute approximate surface area is 128 Å². The van der Waals surface area contributed by atoms with E-state index < -0.39 is 10.0 Å². The van der Waals surface area contributed by atoms with E-state index in [2.05, 4.69) is 0 Å². The van der Waals surface area contributed by atoms with Crippen LogP contribution in [0, 0.1) is 11.3 Å².